The van der Waals surface area contributed by atoms with Gasteiger partial charge in [-0.1, -0.05) is 12.1 Å². The number of pyridine rings is 1. The zero-order chi connectivity index (χ0) is 14.5. The first-order chi connectivity index (χ1) is 9.60. The van der Waals surface area contributed by atoms with E-state index >= 15 is 0 Å². The lowest BCUT2D eigenvalue weighted by atomic mass is 10.1. The number of nitrogens with zero attached hydrogens (tertiary/aromatic N) is 1. The second-order valence-corrected chi connectivity index (χ2v) is 4.54. The van der Waals surface area contributed by atoms with Crippen molar-refractivity contribution in [2.24, 2.45) is 0 Å². The Hall–Kier alpha value is -2.56. The van der Waals surface area contributed by atoms with Gasteiger partial charge in [0.05, 0.1) is 0 Å². The molecule has 0 fully saturated rings. The Morgan fingerprint density at radius 3 is 2.60 bits per heavy atom. The number of hydrogen-bond donors (Lipinski definition) is 3. The molecule has 4 N–H and O–H groups in total. The lowest BCUT2D eigenvalue weighted by Crippen LogP contribution is -2.19. The Bertz CT molecular complexity index is 595. The standard InChI is InChI=1S/C15H18N4O/c1-10(11-3-5-12(16)6-4-11)19-13-7-8-18-14(9-13)15(20)17-2/h3-10H,16H2,1-2H3,(H,17,20)(H,18,19). The summed E-state index contributed by atoms with van der Waals surface area (Å²) in [7, 11) is 1.58. The summed E-state index contributed by atoms with van der Waals surface area (Å²) in [5.41, 5.74) is 8.78. The molecule has 104 valence electrons. The predicted octanol–water partition coefficient (Wildman–Crippen LogP) is 2.20. The highest BCUT2D eigenvalue weighted by Crippen LogP contribution is 2.20. The lowest BCUT2D eigenvalue weighted by molar-refractivity contribution is 0.0958. The van der Waals surface area contributed by atoms with Crippen LogP contribution in [0, 0.1) is 0 Å². The van der Waals surface area contributed by atoms with E-state index in [4.69, 9.17) is 5.73 Å². The molecule has 5 heteroatoms. The van der Waals surface area contributed by atoms with Crippen LogP contribution in [0.3, 0.4) is 0 Å². The fourth-order valence-corrected chi connectivity index (χ4v) is 1.89. The Morgan fingerprint density at radius 2 is 1.95 bits per heavy atom. The summed E-state index contributed by atoms with van der Waals surface area (Å²) >= 11 is 0. The van der Waals surface area contributed by atoms with Gasteiger partial charge in [0, 0.05) is 30.7 Å². The van der Waals surface area contributed by atoms with Gasteiger partial charge in [-0.15, -0.1) is 0 Å². The van der Waals surface area contributed by atoms with Crippen LogP contribution in [0.5, 0.6) is 0 Å². The van der Waals surface area contributed by atoms with E-state index < -0.39 is 0 Å². The van der Waals surface area contributed by atoms with Crippen molar-refractivity contribution in [2.45, 2.75) is 13.0 Å². The minimum atomic E-state index is -0.200. The maximum Gasteiger partial charge on any atom is 0.269 e. The number of hydrogen-bond acceptors (Lipinski definition) is 4. The van der Waals surface area contributed by atoms with E-state index in [-0.39, 0.29) is 11.9 Å². The summed E-state index contributed by atoms with van der Waals surface area (Å²) in [4.78, 5) is 15.6. The van der Waals surface area contributed by atoms with Crippen LogP contribution in [0.4, 0.5) is 11.4 Å². The lowest BCUT2D eigenvalue weighted by Gasteiger charge is -2.16. The molecule has 0 bridgehead atoms. The third kappa shape index (κ3) is 3.26. The first kappa shape index (κ1) is 13.9. The van der Waals surface area contributed by atoms with Gasteiger partial charge in [-0.3, -0.25) is 9.78 Å². The van der Waals surface area contributed by atoms with Crippen molar-refractivity contribution in [3.8, 4) is 0 Å². The summed E-state index contributed by atoms with van der Waals surface area (Å²) in [6.07, 6.45) is 1.61. The average molecular weight is 270 g/mol. The number of amides is 1. The van der Waals surface area contributed by atoms with E-state index in [1.165, 1.54) is 0 Å². The predicted molar refractivity (Wildman–Crippen MR) is 80.5 cm³/mol. The molecule has 1 unspecified atom stereocenters. The number of benzene rings is 1. The summed E-state index contributed by atoms with van der Waals surface area (Å²) in [6, 6.07) is 11.4. The van der Waals surface area contributed by atoms with Gasteiger partial charge in [0.25, 0.3) is 5.91 Å². The minimum absolute atomic E-state index is 0.107. The highest BCUT2D eigenvalue weighted by molar-refractivity contribution is 5.92. The van der Waals surface area contributed by atoms with Crippen LogP contribution < -0.4 is 16.4 Å². The van der Waals surface area contributed by atoms with Gasteiger partial charge in [-0.25, -0.2) is 0 Å². The SMILES string of the molecule is CNC(=O)c1cc(NC(C)c2ccc(N)cc2)ccn1. The van der Waals surface area contributed by atoms with Gasteiger partial charge >= 0.3 is 0 Å². The first-order valence-electron chi connectivity index (χ1n) is 6.40. The number of nitrogen functional groups attached to an aromatic ring is 1. The van der Waals surface area contributed by atoms with E-state index in [2.05, 4.69) is 15.6 Å². The summed E-state index contributed by atoms with van der Waals surface area (Å²) in [5, 5.41) is 5.89. The number of nitrogens with two attached hydrogens (primary N) is 1. The number of anilines is 2. The van der Waals surface area contributed by atoms with Crippen LogP contribution in [0.15, 0.2) is 42.6 Å². The Labute approximate surface area is 118 Å². The molecule has 1 heterocycles. The quantitative estimate of drug-likeness (QED) is 0.744. The molecule has 2 aromatic rings. The average Bonchev–Trinajstić information content (AvgIpc) is 2.47. The van der Waals surface area contributed by atoms with Gasteiger partial charge in [0.2, 0.25) is 0 Å². The van der Waals surface area contributed by atoms with E-state index in [9.17, 15) is 4.79 Å². The number of carbonyl (C=O) groups is 1. The third-order valence-electron chi connectivity index (χ3n) is 3.04. The molecule has 0 spiro atoms. The summed E-state index contributed by atoms with van der Waals surface area (Å²) in [6.45, 7) is 2.05. The fourth-order valence-electron chi connectivity index (χ4n) is 1.89. The highest BCUT2D eigenvalue weighted by atomic mass is 16.1. The molecule has 1 aromatic carbocycles. The van der Waals surface area contributed by atoms with Gasteiger partial charge in [0.15, 0.2) is 0 Å². The Morgan fingerprint density at radius 1 is 1.25 bits per heavy atom. The number of aromatic nitrogens is 1. The molecular formula is C15H18N4O. The molecule has 0 aliphatic rings. The number of rotatable bonds is 4. The van der Waals surface area contributed by atoms with Gasteiger partial charge in [-0.2, -0.15) is 0 Å². The van der Waals surface area contributed by atoms with Crippen LogP contribution in [-0.2, 0) is 0 Å². The van der Waals surface area contributed by atoms with Crippen LogP contribution in [0.2, 0.25) is 0 Å². The van der Waals surface area contributed by atoms with E-state index in [0.29, 0.717) is 5.69 Å². The fraction of sp³-hybridized carbons (Fsp3) is 0.200. The smallest absolute Gasteiger partial charge is 0.269 e. The first-order valence-corrected chi connectivity index (χ1v) is 6.40. The molecule has 2 rings (SSSR count). The van der Waals surface area contributed by atoms with Crippen molar-refractivity contribution in [2.75, 3.05) is 18.1 Å². The van der Waals surface area contributed by atoms with E-state index in [0.717, 1.165) is 16.9 Å². The zero-order valence-electron chi connectivity index (χ0n) is 11.6. The molecule has 5 nitrogen and oxygen atoms in total. The molecule has 0 saturated carbocycles. The second-order valence-electron chi connectivity index (χ2n) is 4.54. The Balaban J connectivity index is 2.13. The molecule has 0 saturated heterocycles. The normalized spacial score (nSPS) is 11.7. The van der Waals surface area contributed by atoms with Crippen LogP contribution in [0.1, 0.15) is 29.0 Å². The van der Waals surface area contributed by atoms with E-state index in [1.54, 1.807) is 19.3 Å². The highest BCUT2D eigenvalue weighted by Gasteiger charge is 2.08. The number of nitrogens with one attached hydrogen (secondary N) is 2. The van der Waals surface area contributed by atoms with Crippen molar-refractivity contribution in [1.29, 1.82) is 0 Å². The van der Waals surface area contributed by atoms with Gasteiger partial charge in [-0.05, 0) is 36.8 Å². The molecule has 1 atom stereocenters. The van der Waals surface area contributed by atoms with Crippen LogP contribution in [-0.4, -0.2) is 17.9 Å². The molecule has 20 heavy (non-hydrogen) atoms. The maximum absolute atomic E-state index is 11.5. The summed E-state index contributed by atoms with van der Waals surface area (Å²) in [5.74, 6) is -0.200. The zero-order valence-corrected chi connectivity index (χ0v) is 11.6. The number of carbonyl (C=O) groups excluding carboxylic acids is 1. The molecule has 0 radical (unpaired) electrons. The van der Waals surface area contributed by atoms with Crippen molar-refractivity contribution in [1.82, 2.24) is 10.3 Å². The Kier molecular flexibility index (Phi) is 4.20. The van der Waals surface area contributed by atoms with Crippen LogP contribution >= 0.6 is 0 Å². The van der Waals surface area contributed by atoms with Gasteiger partial charge < -0.3 is 16.4 Å². The van der Waals surface area contributed by atoms with Crippen molar-refractivity contribution in [3.63, 3.8) is 0 Å². The van der Waals surface area contributed by atoms with Crippen molar-refractivity contribution < 1.29 is 4.79 Å². The minimum Gasteiger partial charge on any atom is -0.399 e. The molecular weight excluding hydrogens is 252 g/mol. The maximum atomic E-state index is 11.5. The molecule has 0 aliphatic heterocycles. The second kappa shape index (κ2) is 6.06. The topological polar surface area (TPSA) is 80.0 Å². The van der Waals surface area contributed by atoms with Gasteiger partial charge in [0.1, 0.15) is 5.69 Å². The molecule has 0 aliphatic carbocycles. The third-order valence-corrected chi connectivity index (χ3v) is 3.04. The van der Waals surface area contributed by atoms with Crippen LogP contribution in [0.25, 0.3) is 0 Å². The molecule has 1 amide bonds. The van der Waals surface area contributed by atoms with Crippen molar-refractivity contribution in [3.05, 3.63) is 53.9 Å². The summed E-state index contributed by atoms with van der Waals surface area (Å²) < 4.78 is 0. The largest absolute Gasteiger partial charge is 0.399 e. The van der Waals surface area contributed by atoms with E-state index in [1.807, 2.05) is 37.3 Å². The molecule has 1 aromatic heterocycles. The van der Waals surface area contributed by atoms with Crippen molar-refractivity contribution >= 4 is 17.3 Å². The monoisotopic (exact) mass is 270 g/mol.